The van der Waals surface area contributed by atoms with Gasteiger partial charge in [-0.15, -0.1) is 0 Å². The number of ether oxygens (including phenoxy) is 1. The Morgan fingerprint density at radius 1 is 1.44 bits per heavy atom. The number of methoxy groups -OCH3 is 1. The molecule has 0 atom stereocenters. The number of hydrogen-bond donors (Lipinski definition) is 2. The summed E-state index contributed by atoms with van der Waals surface area (Å²) in [5, 5.41) is 2.60. The molecule has 0 fully saturated rings. The number of hydrogen-bond acceptors (Lipinski definition) is 3. The highest BCUT2D eigenvalue weighted by atomic mass is 79.9. The summed E-state index contributed by atoms with van der Waals surface area (Å²) in [5.41, 5.74) is 5.96. The van der Waals surface area contributed by atoms with Gasteiger partial charge in [0.05, 0.1) is 18.4 Å². The van der Waals surface area contributed by atoms with E-state index in [0.29, 0.717) is 15.9 Å². The molecule has 6 heteroatoms. The molecule has 1 rings (SSSR count). The number of carbonyl (C=O) groups excluding carboxylic acids is 2. The van der Waals surface area contributed by atoms with Crippen molar-refractivity contribution in [2.45, 2.75) is 6.92 Å². The molecular formula is C10H11BrN2O3. The molecule has 0 saturated heterocycles. The van der Waals surface area contributed by atoms with Gasteiger partial charge in [0.2, 0.25) is 5.91 Å². The largest absolute Gasteiger partial charge is 0.496 e. The van der Waals surface area contributed by atoms with Gasteiger partial charge < -0.3 is 15.8 Å². The molecule has 0 aliphatic rings. The maximum atomic E-state index is 11.1. The first-order chi connectivity index (χ1) is 7.45. The van der Waals surface area contributed by atoms with E-state index in [0.717, 1.165) is 0 Å². The van der Waals surface area contributed by atoms with Crippen LogP contribution in [-0.4, -0.2) is 18.9 Å². The Morgan fingerprint density at radius 3 is 2.50 bits per heavy atom. The van der Waals surface area contributed by atoms with Crippen molar-refractivity contribution in [3.05, 3.63) is 22.2 Å². The molecule has 0 aliphatic carbocycles. The van der Waals surface area contributed by atoms with E-state index in [4.69, 9.17) is 10.5 Å². The summed E-state index contributed by atoms with van der Waals surface area (Å²) in [6.45, 7) is 1.39. The first-order valence-corrected chi connectivity index (χ1v) is 5.20. The summed E-state index contributed by atoms with van der Waals surface area (Å²) in [7, 11) is 1.42. The second kappa shape index (κ2) is 4.98. The van der Waals surface area contributed by atoms with Crippen molar-refractivity contribution in [3.63, 3.8) is 0 Å². The average molecular weight is 287 g/mol. The molecule has 16 heavy (non-hydrogen) atoms. The molecule has 0 aliphatic heterocycles. The van der Waals surface area contributed by atoms with Crippen LogP contribution in [0.25, 0.3) is 0 Å². The number of carbonyl (C=O) groups is 2. The zero-order chi connectivity index (χ0) is 12.3. The van der Waals surface area contributed by atoms with Gasteiger partial charge in [-0.05, 0) is 22.0 Å². The summed E-state index contributed by atoms with van der Waals surface area (Å²) in [4.78, 5) is 22.0. The van der Waals surface area contributed by atoms with E-state index >= 15 is 0 Å². The SMILES string of the molecule is COc1cc(NC(C)=O)c(Br)cc1C(N)=O. The Morgan fingerprint density at radius 2 is 2.06 bits per heavy atom. The smallest absolute Gasteiger partial charge is 0.252 e. The topological polar surface area (TPSA) is 81.4 Å². The summed E-state index contributed by atoms with van der Waals surface area (Å²) in [6.07, 6.45) is 0. The molecule has 0 heterocycles. The Balaban J connectivity index is 3.25. The van der Waals surface area contributed by atoms with Gasteiger partial charge >= 0.3 is 0 Å². The molecule has 0 radical (unpaired) electrons. The van der Waals surface area contributed by atoms with E-state index in [2.05, 4.69) is 21.2 Å². The van der Waals surface area contributed by atoms with Crippen molar-refractivity contribution in [2.75, 3.05) is 12.4 Å². The maximum Gasteiger partial charge on any atom is 0.252 e. The van der Waals surface area contributed by atoms with Crippen LogP contribution in [0.1, 0.15) is 17.3 Å². The molecule has 2 amide bonds. The number of benzene rings is 1. The molecule has 0 unspecified atom stereocenters. The van der Waals surface area contributed by atoms with E-state index in [1.807, 2.05) is 0 Å². The second-order valence-corrected chi connectivity index (χ2v) is 3.93. The molecule has 3 N–H and O–H groups in total. The Bertz CT molecular complexity index is 446. The highest BCUT2D eigenvalue weighted by molar-refractivity contribution is 9.10. The van der Waals surface area contributed by atoms with E-state index in [-0.39, 0.29) is 11.5 Å². The molecule has 0 saturated carbocycles. The number of rotatable bonds is 3. The third kappa shape index (κ3) is 2.73. The van der Waals surface area contributed by atoms with Gasteiger partial charge in [0, 0.05) is 17.5 Å². The predicted molar refractivity (Wildman–Crippen MR) is 63.5 cm³/mol. The molecule has 86 valence electrons. The minimum Gasteiger partial charge on any atom is -0.496 e. The summed E-state index contributed by atoms with van der Waals surface area (Å²) >= 11 is 3.23. The van der Waals surface area contributed by atoms with Crippen molar-refractivity contribution in [3.8, 4) is 5.75 Å². The monoisotopic (exact) mass is 286 g/mol. The van der Waals surface area contributed by atoms with Crippen LogP contribution in [0.15, 0.2) is 16.6 Å². The zero-order valence-electron chi connectivity index (χ0n) is 8.83. The molecule has 1 aromatic rings. The number of halogens is 1. The normalized spacial score (nSPS) is 9.69. The summed E-state index contributed by atoms with van der Waals surface area (Å²) in [5.74, 6) is -0.485. The Hall–Kier alpha value is -1.56. The lowest BCUT2D eigenvalue weighted by Crippen LogP contribution is -2.14. The fraction of sp³-hybridized carbons (Fsp3) is 0.200. The van der Waals surface area contributed by atoms with Gasteiger partial charge in [0.15, 0.2) is 0 Å². The third-order valence-electron chi connectivity index (χ3n) is 1.87. The van der Waals surface area contributed by atoms with Crippen LogP contribution < -0.4 is 15.8 Å². The predicted octanol–water partition coefficient (Wildman–Crippen LogP) is 1.51. The van der Waals surface area contributed by atoms with E-state index in [1.165, 1.54) is 26.2 Å². The van der Waals surface area contributed by atoms with Crippen molar-refractivity contribution in [1.29, 1.82) is 0 Å². The van der Waals surface area contributed by atoms with Gasteiger partial charge in [0.25, 0.3) is 5.91 Å². The second-order valence-electron chi connectivity index (χ2n) is 3.08. The van der Waals surface area contributed by atoms with Crippen LogP contribution in [-0.2, 0) is 4.79 Å². The van der Waals surface area contributed by atoms with Crippen LogP contribution in [0.4, 0.5) is 5.69 Å². The molecule has 0 bridgehead atoms. The number of primary amides is 1. The van der Waals surface area contributed by atoms with Gasteiger partial charge in [-0.25, -0.2) is 0 Å². The minimum absolute atomic E-state index is 0.213. The van der Waals surface area contributed by atoms with Crippen molar-refractivity contribution in [2.24, 2.45) is 5.73 Å². The van der Waals surface area contributed by atoms with Crippen LogP contribution in [0, 0.1) is 0 Å². The first kappa shape index (κ1) is 12.5. The van der Waals surface area contributed by atoms with Crippen LogP contribution in [0.5, 0.6) is 5.75 Å². The quantitative estimate of drug-likeness (QED) is 0.884. The fourth-order valence-electron chi connectivity index (χ4n) is 1.20. The standard InChI is InChI=1S/C10H11BrN2O3/c1-5(14)13-8-4-9(16-2)6(10(12)15)3-7(8)11/h3-4H,1-2H3,(H2,12,15)(H,13,14). The number of amides is 2. The molecular weight excluding hydrogens is 276 g/mol. The van der Waals surface area contributed by atoms with Crippen molar-refractivity contribution < 1.29 is 14.3 Å². The van der Waals surface area contributed by atoms with Gasteiger partial charge in [-0.2, -0.15) is 0 Å². The maximum absolute atomic E-state index is 11.1. The van der Waals surface area contributed by atoms with Gasteiger partial charge in [-0.1, -0.05) is 0 Å². The van der Waals surface area contributed by atoms with Crippen LogP contribution in [0.2, 0.25) is 0 Å². The van der Waals surface area contributed by atoms with Crippen molar-refractivity contribution >= 4 is 33.4 Å². The van der Waals surface area contributed by atoms with E-state index < -0.39 is 5.91 Å². The molecule has 1 aromatic carbocycles. The Labute approximate surface area is 101 Å². The van der Waals surface area contributed by atoms with Gasteiger partial charge in [0.1, 0.15) is 5.75 Å². The third-order valence-corrected chi connectivity index (χ3v) is 2.52. The molecule has 0 aromatic heterocycles. The minimum atomic E-state index is -0.591. The number of nitrogens with two attached hydrogens (primary N) is 1. The Kier molecular flexibility index (Phi) is 3.89. The number of nitrogens with one attached hydrogen (secondary N) is 1. The highest BCUT2D eigenvalue weighted by Crippen LogP contribution is 2.30. The van der Waals surface area contributed by atoms with Gasteiger partial charge in [-0.3, -0.25) is 9.59 Å². The van der Waals surface area contributed by atoms with Crippen LogP contribution >= 0.6 is 15.9 Å². The average Bonchev–Trinajstić information content (AvgIpc) is 2.19. The molecule has 0 spiro atoms. The summed E-state index contributed by atoms with van der Waals surface area (Å²) < 4.78 is 5.58. The van der Waals surface area contributed by atoms with Crippen molar-refractivity contribution in [1.82, 2.24) is 0 Å². The summed E-state index contributed by atoms with van der Waals surface area (Å²) in [6, 6.07) is 3.04. The highest BCUT2D eigenvalue weighted by Gasteiger charge is 2.13. The van der Waals surface area contributed by atoms with E-state index in [1.54, 1.807) is 0 Å². The first-order valence-electron chi connectivity index (χ1n) is 4.40. The van der Waals surface area contributed by atoms with E-state index in [9.17, 15) is 9.59 Å². The zero-order valence-corrected chi connectivity index (χ0v) is 10.4. The lowest BCUT2D eigenvalue weighted by molar-refractivity contribution is -0.114. The fourth-order valence-corrected chi connectivity index (χ4v) is 1.64. The number of anilines is 1. The lowest BCUT2D eigenvalue weighted by atomic mass is 10.1. The molecule has 5 nitrogen and oxygen atoms in total. The van der Waals surface area contributed by atoms with Crippen LogP contribution in [0.3, 0.4) is 0 Å². The lowest BCUT2D eigenvalue weighted by Gasteiger charge is -2.10.